The van der Waals surface area contributed by atoms with Crippen LogP contribution in [0.3, 0.4) is 0 Å². The van der Waals surface area contributed by atoms with Gasteiger partial charge in [-0.1, -0.05) is 6.07 Å². The number of rotatable bonds is 3. The predicted molar refractivity (Wildman–Crippen MR) is 96.0 cm³/mol. The zero-order valence-electron chi connectivity index (χ0n) is 14.5. The molecule has 0 radical (unpaired) electrons. The number of carbonyl (C=O) groups excluding carboxylic acids is 1. The third-order valence-corrected chi connectivity index (χ3v) is 5.73. The van der Waals surface area contributed by atoms with Gasteiger partial charge in [-0.2, -0.15) is 0 Å². The first kappa shape index (κ1) is 16.2. The van der Waals surface area contributed by atoms with Gasteiger partial charge in [0.25, 0.3) is 5.91 Å². The average molecular weight is 336 g/mol. The fraction of sp³-hybridized carbons (Fsp3) is 0.450. The molecule has 0 aliphatic carbocycles. The van der Waals surface area contributed by atoms with Crippen molar-refractivity contribution in [3.8, 4) is 0 Å². The first-order chi connectivity index (χ1) is 12.3. The lowest BCUT2D eigenvalue weighted by atomic mass is 9.84. The Balaban J connectivity index is 1.42. The number of hydrogen-bond donors (Lipinski definition) is 0. The molecule has 0 saturated carbocycles. The van der Waals surface area contributed by atoms with E-state index in [1.807, 2.05) is 35.5 Å². The Bertz CT molecular complexity index is 711. The van der Waals surface area contributed by atoms with E-state index in [2.05, 4.69) is 20.9 Å². The van der Waals surface area contributed by atoms with Gasteiger partial charge in [0.05, 0.1) is 5.56 Å². The molecule has 2 aliphatic heterocycles. The number of aromatic nitrogens is 2. The summed E-state index contributed by atoms with van der Waals surface area (Å²) in [6.07, 6.45) is 11.8. The Labute approximate surface area is 148 Å². The van der Waals surface area contributed by atoms with Crippen LogP contribution in [0.5, 0.6) is 0 Å². The zero-order chi connectivity index (χ0) is 17.1. The third kappa shape index (κ3) is 3.29. The van der Waals surface area contributed by atoms with Crippen molar-refractivity contribution in [3.63, 3.8) is 0 Å². The number of pyridine rings is 2. The monoisotopic (exact) mass is 336 g/mol. The van der Waals surface area contributed by atoms with Gasteiger partial charge in [0.1, 0.15) is 0 Å². The summed E-state index contributed by atoms with van der Waals surface area (Å²) in [6.45, 7) is 3.77. The maximum Gasteiger partial charge on any atom is 0.255 e. The van der Waals surface area contributed by atoms with Crippen LogP contribution in [0.1, 0.15) is 41.6 Å². The lowest BCUT2D eigenvalue weighted by Gasteiger charge is -2.45. The fourth-order valence-electron chi connectivity index (χ4n) is 4.32. The fourth-order valence-corrected chi connectivity index (χ4v) is 4.32. The van der Waals surface area contributed by atoms with Crippen molar-refractivity contribution in [2.75, 3.05) is 19.6 Å². The van der Waals surface area contributed by atoms with Gasteiger partial charge in [-0.3, -0.25) is 19.7 Å². The average Bonchev–Trinajstić information content (AvgIpc) is 3.05. The van der Waals surface area contributed by atoms with Crippen LogP contribution < -0.4 is 0 Å². The van der Waals surface area contributed by atoms with Crippen LogP contribution in [-0.4, -0.2) is 50.8 Å². The smallest absolute Gasteiger partial charge is 0.255 e. The molecule has 0 aromatic carbocycles. The Morgan fingerprint density at radius 1 is 1.00 bits per heavy atom. The molecule has 0 N–H and O–H groups in total. The molecule has 4 heterocycles. The van der Waals surface area contributed by atoms with E-state index < -0.39 is 0 Å². The van der Waals surface area contributed by atoms with Gasteiger partial charge in [-0.25, -0.2) is 0 Å². The van der Waals surface area contributed by atoms with E-state index >= 15 is 0 Å². The van der Waals surface area contributed by atoms with Gasteiger partial charge in [0.15, 0.2) is 0 Å². The summed E-state index contributed by atoms with van der Waals surface area (Å²) in [5, 5.41) is 0. The highest BCUT2D eigenvalue weighted by atomic mass is 16.2. The Morgan fingerprint density at radius 3 is 2.44 bits per heavy atom. The Morgan fingerprint density at radius 2 is 1.76 bits per heavy atom. The van der Waals surface area contributed by atoms with Crippen molar-refractivity contribution in [3.05, 3.63) is 60.2 Å². The van der Waals surface area contributed by atoms with Crippen molar-refractivity contribution in [1.82, 2.24) is 19.8 Å². The van der Waals surface area contributed by atoms with Crippen LogP contribution in [0, 0.1) is 0 Å². The van der Waals surface area contributed by atoms with Crippen molar-refractivity contribution in [2.45, 2.75) is 37.8 Å². The summed E-state index contributed by atoms with van der Waals surface area (Å²) in [7, 11) is 0. The van der Waals surface area contributed by atoms with Gasteiger partial charge in [-0.05, 0) is 56.0 Å². The predicted octanol–water partition coefficient (Wildman–Crippen LogP) is 2.75. The van der Waals surface area contributed by atoms with E-state index in [1.54, 1.807) is 12.4 Å². The second kappa shape index (κ2) is 6.92. The normalized spacial score (nSPS) is 20.1. The molecule has 2 fully saturated rings. The number of piperidine rings is 1. The van der Waals surface area contributed by atoms with Crippen molar-refractivity contribution in [1.29, 1.82) is 0 Å². The quantitative estimate of drug-likeness (QED) is 0.865. The number of likely N-dealkylation sites (tertiary alicyclic amines) is 2. The van der Waals surface area contributed by atoms with Crippen molar-refractivity contribution < 1.29 is 4.79 Å². The lowest BCUT2D eigenvalue weighted by molar-refractivity contribution is 0.0383. The molecule has 1 amide bonds. The molecular weight excluding hydrogens is 312 g/mol. The maximum absolute atomic E-state index is 12.6. The van der Waals surface area contributed by atoms with E-state index in [4.69, 9.17) is 0 Å². The van der Waals surface area contributed by atoms with Crippen molar-refractivity contribution in [2.24, 2.45) is 0 Å². The first-order valence-electron chi connectivity index (χ1n) is 9.10. The second-order valence-corrected chi connectivity index (χ2v) is 7.14. The molecule has 5 heteroatoms. The number of nitrogens with zero attached hydrogens (tertiary/aromatic N) is 4. The maximum atomic E-state index is 12.6. The Kier molecular flexibility index (Phi) is 4.49. The van der Waals surface area contributed by atoms with E-state index in [1.165, 1.54) is 18.4 Å². The van der Waals surface area contributed by atoms with Gasteiger partial charge < -0.3 is 4.90 Å². The highest BCUT2D eigenvalue weighted by Crippen LogP contribution is 2.39. The molecule has 2 aromatic heterocycles. The zero-order valence-corrected chi connectivity index (χ0v) is 14.5. The molecule has 2 saturated heterocycles. The molecule has 2 aliphatic rings. The number of carbonyl (C=O) groups is 1. The summed E-state index contributed by atoms with van der Waals surface area (Å²) in [4.78, 5) is 25.6. The van der Waals surface area contributed by atoms with Gasteiger partial charge in [0.2, 0.25) is 0 Å². The highest BCUT2D eigenvalue weighted by molar-refractivity contribution is 5.93. The molecule has 2 aromatic rings. The van der Waals surface area contributed by atoms with Crippen LogP contribution in [0.15, 0.2) is 49.1 Å². The van der Waals surface area contributed by atoms with E-state index in [0.717, 1.165) is 39.0 Å². The van der Waals surface area contributed by atoms with E-state index in [-0.39, 0.29) is 11.4 Å². The first-order valence-corrected chi connectivity index (χ1v) is 9.10. The van der Waals surface area contributed by atoms with Crippen LogP contribution in [0.4, 0.5) is 0 Å². The molecule has 0 bridgehead atoms. The van der Waals surface area contributed by atoms with Crippen LogP contribution >= 0.6 is 0 Å². The number of amides is 1. The molecular formula is C20H24N4O. The second-order valence-electron chi connectivity index (χ2n) is 7.14. The molecule has 1 spiro atoms. The number of hydrogen-bond acceptors (Lipinski definition) is 4. The van der Waals surface area contributed by atoms with Crippen molar-refractivity contribution >= 4 is 5.91 Å². The molecule has 0 atom stereocenters. The third-order valence-electron chi connectivity index (χ3n) is 5.73. The van der Waals surface area contributed by atoms with Gasteiger partial charge >= 0.3 is 0 Å². The largest absolute Gasteiger partial charge is 0.338 e. The van der Waals surface area contributed by atoms with Crippen LogP contribution in [-0.2, 0) is 6.54 Å². The SMILES string of the molecule is O=C(c1cccnc1)N1CCC2(CCCN2Cc2cccnc2)CC1. The molecule has 5 nitrogen and oxygen atoms in total. The summed E-state index contributed by atoms with van der Waals surface area (Å²) in [5.74, 6) is 0.111. The van der Waals surface area contributed by atoms with Crippen LogP contribution in [0.25, 0.3) is 0 Å². The standard InChI is InChI=1S/C20H24N4O/c25-19(18-5-2-10-22-15-18)23-12-7-20(8-13-23)6-3-11-24(20)16-17-4-1-9-21-14-17/h1-2,4-5,9-10,14-15H,3,6-8,11-13,16H2. The molecule has 4 rings (SSSR count). The van der Waals surface area contributed by atoms with Crippen LogP contribution in [0.2, 0.25) is 0 Å². The van der Waals surface area contributed by atoms with Gasteiger partial charge in [0, 0.05) is 50.0 Å². The summed E-state index contributed by atoms with van der Waals surface area (Å²) < 4.78 is 0. The van der Waals surface area contributed by atoms with Gasteiger partial charge in [-0.15, -0.1) is 0 Å². The highest BCUT2D eigenvalue weighted by Gasteiger charge is 2.43. The minimum Gasteiger partial charge on any atom is -0.338 e. The minimum atomic E-state index is 0.111. The summed E-state index contributed by atoms with van der Waals surface area (Å²) in [6, 6.07) is 7.84. The molecule has 25 heavy (non-hydrogen) atoms. The Hall–Kier alpha value is -2.27. The van der Waals surface area contributed by atoms with E-state index in [0.29, 0.717) is 5.56 Å². The minimum absolute atomic E-state index is 0.111. The molecule has 130 valence electrons. The summed E-state index contributed by atoms with van der Waals surface area (Å²) in [5.41, 5.74) is 2.22. The van der Waals surface area contributed by atoms with E-state index in [9.17, 15) is 4.79 Å². The summed E-state index contributed by atoms with van der Waals surface area (Å²) >= 11 is 0. The topological polar surface area (TPSA) is 49.3 Å². The molecule has 0 unspecified atom stereocenters. The lowest BCUT2D eigenvalue weighted by Crippen LogP contribution is -2.52.